The molecule has 2 amide bonds. The minimum atomic E-state index is -0.281. The summed E-state index contributed by atoms with van der Waals surface area (Å²) in [6.45, 7) is 0.201. The first kappa shape index (κ1) is 17.3. The Morgan fingerprint density at radius 1 is 0.963 bits per heavy atom. The van der Waals surface area contributed by atoms with E-state index in [1.165, 1.54) is 16.7 Å². The van der Waals surface area contributed by atoms with Gasteiger partial charge in [0.1, 0.15) is 5.76 Å². The lowest BCUT2D eigenvalue weighted by Gasteiger charge is -2.14. The van der Waals surface area contributed by atoms with E-state index < -0.39 is 0 Å². The molecule has 134 valence electrons. The third kappa shape index (κ3) is 3.57. The highest BCUT2D eigenvalue weighted by Gasteiger charge is 2.39. The Balaban J connectivity index is 1.66. The molecule has 0 spiro atoms. The highest BCUT2D eigenvalue weighted by molar-refractivity contribution is 8.03. The second kappa shape index (κ2) is 7.63. The normalized spacial score (nSPS) is 14.3. The maximum Gasteiger partial charge on any atom is 0.268 e. The van der Waals surface area contributed by atoms with Gasteiger partial charge >= 0.3 is 0 Å². The number of carbonyl (C=O) groups is 2. The molecular weight excluding hydrogens is 360 g/mol. The Morgan fingerprint density at radius 2 is 1.81 bits per heavy atom. The Morgan fingerprint density at radius 3 is 2.52 bits per heavy atom. The molecule has 1 aliphatic rings. The smallest absolute Gasteiger partial charge is 0.268 e. The average Bonchev–Trinajstić information content (AvgIpc) is 3.30. The van der Waals surface area contributed by atoms with Crippen LogP contribution in [0.2, 0.25) is 0 Å². The van der Waals surface area contributed by atoms with Gasteiger partial charge in [0.15, 0.2) is 0 Å². The summed E-state index contributed by atoms with van der Waals surface area (Å²) in [6, 6.07) is 16.6. The summed E-state index contributed by atoms with van der Waals surface area (Å²) in [5.41, 5.74) is 2.00. The van der Waals surface area contributed by atoms with Crippen LogP contribution in [0, 0.1) is 0 Å². The molecule has 5 nitrogen and oxygen atoms in total. The molecule has 0 atom stereocenters. The molecule has 2 aromatic heterocycles. The second-order valence-corrected chi connectivity index (χ2v) is 6.98. The number of benzene rings is 1. The summed E-state index contributed by atoms with van der Waals surface area (Å²) < 4.78 is 5.36. The SMILES string of the molecule is O=C1C(SCc2ccco2)=C(c2ccccc2)C(=O)N1Cc1cccnc1. The van der Waals surface area contributed by atoms with Crippen molar-refractivity contribution in [3.8, 4) is 0 Å². The van der Waals surface area contributed by atoms with E-state index in [1.54, 1.807) is 30.8 Å². The molecule has 3 heterocycles. The van der Waals surface area contributed by atoms with Gasteiger partial charge in [-0.15, -0.1) is 11.8 Å². The van der Waals surface area contributed by atoms with E-state index in [1.807, 2.05) is 42.5 Å². The molecule has 0 bridgehead atoms. The van der Waals surface area contributed by atoms with E-state index in [2.05, 4.69) is 4.98 Å². The number of amides is 2. The van der Waals surface area contributed by atoms with Crippen LogP contribution in [0.3, 0.4) is 0 Å². The Bertz CT molecular complexity index is 983. The molecule has 0 radical (unpaired) electrons. The van der Waals surface area contributed by atoms with Gasteiger partial charge in [-0.2, -0.15) is 0 Å². The average molecular weight is 376 g/mol. The van der Waals surface area contributed by atoms with Crippen LogP contribution in [0.1, 0.15) is 16.9 Å². The molecule has 4 rings (SSSR count). The lowest BCUT2D eigenvalue weighted by molar-refractivity contribution is -0.137. The number of nitrogens with zero attached hydrogens (tertiary/aromatic N) is 2. The summed E-state index contributed by atoms with van der Waals surface area (Å²) >= 11 is 1.33. The zero-order valence-corrected chi connectivity index (χ0v) is 15.2. The van der Waals surface area contributed by atoms with Crippen molar-refractivity contribution in [2.75, 3.05) is 0 Å². The van der Waals surface area contributed by atoms with Crippen LogP contribution in [-0.2, 0) is 21.9 Å². The summed E-state index contributed by atoms with van der Waals surface area (Å²) in [6.07, 6.45) is 4.92. The fraction of sp³-hybridized carbons (Fsp3) is 0.0952. The lowest BCUT2D eigenvalue weighted by atomic mass is 10.1. The monoisotopic (exact) mass is 376 g/mol. The highest BCUT2D eigenvalue weighted by atomic mass is 32.2. The number of hydrogen-bond acceptors (Lipinski definition) is 5. The van der Waals surface area contributed by atoms with E-state index in [0.29, 0.717) is 16.2 Å². The van der Waals surface area contributed by atoms with Crippen LogP contribution < -0.4 is 0 Å². The second-order valence-electron chi connectivity index (χ2n) is 6.00. The van der Waals surface area contributed by atoms with Gasteiger partial charge in [-0.1, -0.05) is 36.4 Å². The van der Waals surface area contributed by atoms with Gasteiger partial charge in [-0.25, -0.2) is 0 Å². The van der Waals surface area contributed by atoms with Crippen molar-refractivity contribution in [3.63, 3.8) is 0 Å². The van der Waals surface area contributed by atoms with E-state index in [4.69, 9.17) is 4.42 Å². The van der Waals surface area contributed by atoms with Crippen molar-refractivity contribution >= 4 is 29.1 Å². The van der Waals surface area contributed by atoms with Crippen molar-refractivity contribution in [3.05, 3.63) is 95.0 Å². The largest absolute Gasteiger partial charge is 0.468 e. The number of carbonyl (C=O) groups excluding carboxylic acids is 2. The lowest BCUT2D eigenvalue weighted by Crippen LogP contribution is -2.31. The molecule has 1 aromatic carbocycles. The van der Waals surface area contributed by atoms with Crippen LogP contribution in [0.25, 0.3) is 5.57 Å². The minimum absolute atomic E-state index is 0.201. The van der Waals surface area contributed by atoms with Crippen molar-refractivity contribution in [2.24, 2.45) is 0 Å². The van der Waals surface area contributed by atoms with Crippen LogP contribution >= 0.6 is 11.8 Å². The number of aromatic nitrogens is 1. The standard InChI is InChI=1S/C21H16N2O3S/c24-20-18(16-7-2-1-3-8-16)19(27-14-17-9-5-11-26-17)21(25)23(20)13-15-6-4-10-22-12-15/h1-12H,13-14H2. The van der Waals surface area contributed by atoms with Crippen molar-refractivity contribution in [2.45, 2.75) is 12.3 Å². The number of rotatable bonds is 6. The topological polar surface area (TPSA) is 63.4 Å². The van der Waals surface area contributed by atoms with Gasteiger partial charge < -0.3 is 4.42 Å². The summed E-state index contributed by atoms with van der Waals surface area (Å²) in [4.78, 5) is 31.9. The Kier molecular flexibility index (Phi) is 4.89. The van der Waals surface area contributed by atoms with Crippen LogP contribution in [0.5, 0.6) is 0 Å². The number of pyridine rings is 1. The molecule has 1 aliphatic heterocycles. The molecule has 0 N–H and O–H groups in total. The molecule has 0 unspecified atom stereocenters. The first-order chi connectivity index (χ1) is 13.2. The maximum absolute atomic E-state index is 13.1. The van der Waals surface area contributed by atoms with E-state index in [0.717, 1.165) is 16.9 Å². The van der Waals surface area contributed by atoms with Gasteiger partial charge in [0.05, 0.1) is 29.0 Å². The predicted molar refractivity (Wildman–Crippen MR) is 103 cm³/mol. The molecule has 27 heavy (non-hydrogen) atoms. The van der Waals surface area contributed by atoms with E-state index in [-0.39, 0.29) is 18.4 Å². The van der Waals surface area contributed by atoms with Crippen molar-refractivity contribution < 1.29 is 14.0 Å². The number of furan rings is 1. The van der Waals surface area contributed by atoms with Gasteiger partial charge in [0.2, 0.25) is 0 Å². The molecule has 0 aliphatic carbocycles. The highest BCUT2D eigenvalue weighted by Crippen LogP contribution is 2.38. The minimum Gasteiger partial charge on any atom is -0.468 e. The van der Waals surface area contributed by atoms with E-state index in [9.17, 15) is 9.59 Å². The quantitative estimate of drug-likeness (QED) is 0.611. The number of imide groups is 1. The molecule has 6 heteroatoms. The summed E-state index contributed by atoms with van der Waals surface area (Å²) in [5, 5.41) is 0. The molecule has 3 aromatic rings. The van der Waals surface area contributed by atoms with Crippen LogP contribution in [0.15, 0.2) is 82.6 Å². The van der Waals surface area contributed by atoms with Gasteiger partial charge in [0, 0.05) is 12.4 Å². The molecule has 0 saturated carbocycles. The molecule has 0 fully saturated rings. The van der Waals surface area contributed by atoms with Gasteiger partial charge in [-0.05, 0) is 29.3 Å². The summed E-state index contributed by atoms with van der Waals surface area (Å²) in [5.74, 6) is 0.681. The first-order valence-electron chi connectivity index (χ1n) is 8.44. The third-order valence-electron chi connectivity index (χ3n) is 4.19. The fourth-order valence-electron chi connectivity index (χ4n) is 2.90. The zero-order valence-electron chi connectivity index (χ0n) is 14.4. The summed E-state index contributed by atoms with van der Waals surface area (Å²) in [7, 11) is 0. The Hall–Kier alpha value is -3.12. The van der Waals surface area contributed by atoms with Crippen LogP contribution in [-0.4, -0.2) is 21.7 Å². The van der Waals surface area contributed by atoms with Crippen LogP contribution in [0.4, 0.5) is 0 Å². The molecular formula is C21H16N2O3S. The Labute approximate surface area is 160 Å². The fourth-order valence-corrected chi connectivity index (χ4v) is 3.94. The third-order valence-corrected chi connectivity index (χ3v) is 5.29. The van der Waals surface area contributed by atoms with E-state index >= 15 is 0 Å². The van der Waals surface area contributed by atoms with Crippen molar-refractivity contribution in [1.82, 2.24) is 9.88 Å². The van der Waals surface area contributed by atoms with Gasteiger partial charge in [0.25, 0.3) is 11.8 Å². The zero-order chi connectivity index (χ0) is 18.6. The first-order valence-corrected chi connectivity index (χ1v) is 9.42. The number of thioether (sulfide) groups is 1. The number of hydrogen-bond donors (Lipinski definition) is 0. The maximum atomic E-state index is 13.1. The van der Waals surface area contributed by atoms with Gasteiger partial charge in [-0.3, -0.25) is 19.5 Å². The predicted octanol–water partition coefficient (Wildman–Crippen LogP) is 3.89. The van der Waals surface area contributed by atoms with Crippen molar-refractivity contribution in [1.29, 1.82) is 0 Å². The molecule has 0 saturated heterocycles.